The number of benzene rings is 11. The van der Waals surface area contributed by atoms with E-state index in [-0.39, 0.29) is 101 Å². The second kappa shape index (κ2) is 48.4. The number of carboxylic acids is 1. The number of anilines is 2. The quantitative estimate of drug-likeness (QED) is 0.00628. The number of aliphatic hydroxyl groups is 1. The summed E-state index contributed by atoms with van der Waals surface area (Å²) >= 11 is 4.63. The fourth-order valence-electron chi connectivity index (χ4n) is 12.2. The van der Waals surface area contributed by atoms with Gasteiger partial charge in [0.15, 0.2) is 0 Å². The van der Waals surface area contributed by atoms with Gasteiger partial charge in [-0.25, -0.2) is 79.3 Å². The molecule has 13 rings (SSSR count). The van der Waals surface area contributed by atoms with E-state index in [0.717, 1.165) is 77.6 Å². The van der Waals surface area contributed by atoms with Crippen molar-refractivity contribution < 1.29 is 103 Å². The molecule has 2 heterocycles. The third kappa shape index (κ3) is 31.9. The van der Waals surface area contributed by atoms with Crippen LogP contribution in [0.4, 0.5) is 11.4 Å². The van der Waals surface area contributed by atoms with Gasteiger partial charge < -0.3 is 21.4 Å². The molecule has 0 aliphatic carbocycles. The SMILES string of the molecule is C.CC1(C)CCN(c2ccc(C(=O)NS(=O)(=O)c3ccc4ccc(S(=O)(=O)NCCSc5ccccc5)cc4c3)cc2)CC1.CC1(C)CCN(c2ccc(C(=O)O)cc2)CC1.CO.NS(=O)(=O)c1ccc2ccc(S(=O)(=O)NCCSc3ccccc3)cc2c1.[2H]CC.[B].[H-].[N-]=[N+]=NS(=O)(=O)c1ccc2ccc(S(=O)(=O)NCCSc3ccccc3)cc2c1.[Na+]. The molecule has 123 heavy (non-hydrogen) atoms. The molecule has 26 nitrogen and oxygen atoms in total. The number of azide groups is 1. The Balaban J connectivity index is 0.000000354. The number of fused-ring (bicyclic) bond motifs is 3. The van der Waals surface area contributed by atoms with Crippen molar-refractivity contribution in [1.29, 1.82) is 0 Å². The number of hydrogen-bond acceptors (Lipinski definition) is 20. The molecule has 11 aromatic carbocycles. The number of aliphatic hydroxyl groups excluding tert-OH is 1. The Morgan fingerprint density at radius 2 is 0.732 bits per heavy atom. The smallest absolute Gasteiger partial charge is 1.00 e. The molecule has 8 N–H and O–H groups in total. The number of nitrogens with zero attached hydrogens (tertiary/aromatic N) is 5. The van der Waals surface area contributed by atoms with E-state index in [4.69, 9.17) is 22.3 Å². The fourth-order valence-corrected chi connectivity index (χ4v) is 20.4. The van der Waals surface area contributed by atoms with Crippen LogP contribution < -0.4 is 63.4 Å². The molecule has 2 fully saturated rings. The molecule has 2 saturated heterocycles. The minimum atomic E-state index is -4.21. The molecular weight excluding hydrogens is 1750 g/mol. The van der Waals surface area contributed by atoms with E-state index < -0.39 is 72.0 Å². The van der Waals surface area contributed by atoms with Gasteiger partial charge in [-0.1, -0.05) is 140 Å². The number of hydrogen-bond donors (Lipinski definition) is 7. The number of rotatable bonds is 27. The normalized spacial score (nSPS) is 13.7. The molecular formula is C86H103BN10NaO16S9. The Morgan fingerprint density at radius 1 is 0.455 bits per heavy atom. The Kier molecular flexibility index (Phi) is 40.7. The van der Waals surface area contributed by atoms with E-state index in [9.17, 15) is 60.1 Å². The Labute approximate surface area is 763 Å². The van der Waals surface area contributed by atoms with Crippen molar-refractivity contribution in [1.82, 2.24) is 18.9 Å². The zero-order chi connectivity index (χ0) is 88.2. The summed E-state index contributed by atoms with van der Waals surface area (Å²) in [5.74, 6) is 0.104. The van der Waals surface area contributed by atoms with Crippen molar-refractivity contribution >= 4 is 159 Å². The summed E-state index contributed by atoms with van der Waals surface area (Å²) in [6.45, 7) is 16.2. The molecule has 1 amide bonds. The van der Waals surface area contributed by atoms with Crippen LogP contribution >= 0.6 is 35.3 Å². The number of carbonyl (C=O) groups is 2. The van der Waals surface area contributed by atoms with Crippen LogP contribution in [0, 0.1) is 10.8 Å². The monoisotopic (exact) mass is 1850 g/mol. The van der Waals surface area contributed by atoms with Gasteiger partial charge in [0.05, 0.1) is 34.9 Å². The van der Waals surface area contributed by atoms with Crippen LogP contribution in [0.1, 0.15) is 98.1 Å². The van der Waals surface area contributed by atoms with Crippen molar-refractivity contribution in [2.24, 2.45) is 20.5 Å². The van der Waals surface area contributed by atoms with Gasteiger partial charge in [0.1, 0.15) is 0 Å². The molecule has 0 atom stereocenters. The molecule has 0 aromatic heterocycles. The average molecular weight is 1860 g/mol. The van der Waals surface area contributed by atoms with Crippen molar-refractivity contribution in [2.75, 3.05) is 80.0 Å². The van der Waals surface area contributed by atoms with E-state index in [1.807, 2.05) is 115 Å². The third-order valence-electron chi connectivity index (χ3n) is 19.0. The molecule has 0 bridgehead atoms. The first-order chi connectivity index (χ1) is 57.4. The number of primary sulfonamides is 1. The minimum absolute atomic E-state index is 0. The van der Waals surface area contributed by atoms with Gasteiger partial charge in [0.2, 0.25) is 40.1 Å². The largest absolute Gasteiger partial charge is 1.00 e. The minimum Gasteiger partial charge on any atom is -1.00 e. The molecule has 651 valence electrons. The molecule has 2 aliphatic rings. The number of sulfonamides is 6. The van der Waals surface area contributed by atoms with Gasteiger partial charge in [0, 0.05) is 121 Å². The van der Waals surface area contributed by atoms with E-state index in [2.05, 4.69) is 65.8 Å². The standard InChI is InChI=1S/C32H35N3O5S3.C18H16N4O4S3.C18H18N2O4S3.C14H19NO2.C2H6.CH4O.CH4.B.Na.H/c1-32(2)16-19-35(20-17-32)27-12-8-25(9-13-27)31(36)34-43(39,40)30-15-11-24-10-14-29(22-26(24)23-30)42(37,38)33-18-21-41-28-6-4-3-5-7-28;19-21-22-29(25,26)18-9-7-14-6-8-17(12-15(14)13-18)28(23,24)20-10-11-27-16-4-2-1-3-5-16;19-26(21,22)17-8-6-14-7-9-18(13-15(14)12-17)27(23,24)20-10-11-25-16-4-2-1-3-5-16;1-14(2)7-9-15(10-8-14)12-5-3-11(4-6-12)13(16)17;2*1-2;;;;/h3-15,22-23,33H,16-21H2,1-2H3,(H,34,36);1-9,12-13,20H,10-11H2;1-9,12-13,20H,10-11H2,(H2,19,21,22);3-6H,7-10H2,1-2H3,(H,16,17);1-2H3;2H,1H3;1H4;;;/q;;;;;;;;+1;-1/i;;;;1D;;;;;. The average Bonchev–Trinajstić information content (AvgIpc) is 0.792. The van der Waals surface area contributed by atoms with E-state index in [0.29, 0.717) is 67.5 Å². The van der Waals surface area contributed by atoms with Gasteiger partial charge in [-0.3, -0.25) is 4.79 Å². The summed E-state index contributed by atoms with van der Waals surface area (Å²) in [6.07, 6.45) is 4.54. The number of carboxylic acid groups (broad SMARTS) is 1. The molecule has 3 radical (unpaired) electrons. The molecule has 0 saturated carbocycles. The van der Waals surface area contributed by atoms with Crippen LogP contribution in [0.5, 0.6) is 0 Å². The van der Waals surface area contributed by atoms with Gasteiger partial charge in [0.25, 0.3) is 26.0 Å². The first-order valence-electron chi connectivity index (χ1n) is 38.3. The van der Waals surface area contributed by atoms with Gasteiger partial charge in [-0.15, -0.1) is 35.3 Å². The van der Waals surface area contributed by atoms with E-state index >= 15 is 0 Å². The first-order valence-corrected chi connectivity index (χ1v) is 49.5. The predicted octanol–water partition coefficient (Wildman–Crippen LogP) is 13.1. The van der Waals surface area contributed by atoms with Crippen molar-refractivity contribution in [3.8, 4) is 0 Å². The summed E-state index contributed by atoms with van der Waals surface area (Å²) in [5.41, 5.74) is 11.9. The maximum absolute atomic E-state index is 13.1. The zero-order valence-corrected chi connectivity index (χ0v) is 77.8. The number of aromatic carboxylic acids is 1. The Bertz CT molecular complexity index is 6140. The number of carbonyl (C=O) groups excluding carboxylic acids is 1. The number of piperidine rings is 2. The first kappa shape index (κ1) is 103. The van der Waals surface area contributed by atoms with Crippen LogP contribution in [0.3, 0.4) is 0 Å². The second-order valence-corrected chi connectivity index (χ2v) is 42.2. The topological polar surface area (TPSA) is 409 Å². The predicted molar refractivity (Wildman–Crippen MR) is 495 cm³/mol. The number of nitrogens with two attached hydrogens (primary N) is 1. The maximum Gasteiger partial charge on any atom is 1.00 e. The van der Waals surface area contributed by atoms with Crippen LogP contribution in [0.2, 0.25) is 0 Å². The summed E-state index contributed by atoms with van der Waals surface area (Å²) in [5, 5.41) is 24.3. The number of amides is 1. The van der Waals surface area contributed by atoms with Gasteiger partial charge in [-0.2, -0.15) is 0 Å². The molecule has 37 heteroatoms. The van der Waals surface area contributed by atoms with Crippen LogP contribution in [0.25, 0.3) is 42.8 Å². The Morgan fingerprint density at radius 3 is 1.03 bits per heavy atom. The van der Waals surface area contributed by atoms with Crippen LogP contribution in [-0.4, -0.2) is 151 Å². The number of nitrogens with one attached hydrogen (secondary N) is 4. The summed E-state index contributed by atoms with van der Waals surface area (Å²) in [6, 6.07) is 69.5. The van der Waals surface area contributed by atoms with Crippen molar-refractivity contribution in [3.63, 3.8) is 0 Å². The second-order valence-electron chi connectivity index (χ2n) is 28.5. The third-order valence-corrected chi connectivity index (χ3v) is 29.8. The fraction of sp³-hybridized carbons (Fsp3) is 0.279. The molecule has 0 spiro atoms. The summed E-state index contributed by atoms with van der Waals surface area (Å²) < 4.78 is 168. The number of thioether (sulfide) groups is 3. The summed E-state index contributed by atoms with van der Waals surface area (Å²) in [7, 11) is -22.5. The van der Waals surface area contributed by atoms with Gasteiger partial charge in [-0.05, 0) is 232 Å². The molecule has 11 aromatic rings. The maximum atomic E-state index is 13.1. The van der Waals surface area contributed by atoms with Gasteiger partial charge >= 0.3 is 35.5 Å². The summed E-state index contributed by atoms with van der Waals surface area (Å²) in [4.78, 5) is 33.4. The van der Waals surface area contributed by atoms with E-state index in [1.165, 1.54) is 103 Å². The zero-order valence-electron chi connectivity index (χ0n) is 70.5. The molecule has 0 unspecified atom stereocenters. The van der Waals surface area contributed by atoms with E-state index in [1.54, 1.807) is 85.0 Å². The Hall–Kier alpha value is -8.34. The van der Waals surface area contributed by atoms with Crippen molar-refractivity contribution in [3.05, 3.63) is 270 Å². The van der Waals surface area contributed by atoms with Crippen LogP contribution in [0.15, 0.2) is 297 Å². The van der Waals surface area contributed by atoms with Crippen molar-refractivity contribution in [2.45, 2.75) is 119 Å². The molecule has 2 aliphatic heterocycles. The van der Waals surface area contributed by atoms with Crippen LogP contribution in [-0.2, 0) is 60.1 Å².